The van der Waals surface area contributed by atoms with Crippen LogP contribution in [0.15, 0.2) is 53.7 Å². The van der Waals surface area contributed by atoms with Crippen LogP contribution in [0.25, 0.3) is 0 Å². The third kappa shape index (κ3) is 2.63. The van der Waals surface area contributed by atoms with E-state index in [1.165, 1.54) is 10.5 Å². The standard InChI is InChI=1S/C14H16N4O2S/c1-18-14(16-9-11-5-3-2-4-6-11)17-12-7-8-15-10-13(12)21(18,19)20/h2-8,10,14,16-17H,9H2,1H3. The fourth-order valence-corrected chi connectivity index (χ4v) is 3.54. The maximum atomic E-state index is 12.4. The highest BCUT2D eigenvalue weighted by atomic mass is 32.2. The Balaban J connectivity index is 1.82. The SMILES string of the molecule is CN1C(NCc2ccccc2)Nc2ccncc2S1(=O)=O. The fourth-order valence-electron chi connectivity index (χ4n) is 2.23. The van der Waals surface area contributed by atoms with E-state index in [1.807, 2.05) is 30.3 Å². The van der Waals surface area contributed by atoms with Gasteiger partial charge in [-0.3, -0.25) is 10.3 Å². The molecule has 0 radical (unpaired) electrons. The predicted octanol–water partition coefficient (Wildman–Crippen LogP) is 1.20. The van der Waals surface area contributed by atoms with E-state index < -0.39 is 16.3 Å². The van der Waals surface area contributed by atoms with Crippen LogP contribution in [-0.4, -0.2) is 31.0 Å². The molecular weight excluding hydrogens is 288 g/mol. The van der Waals surface area contributed by atoms with Gasteiger partial charge in [-0.2, -0.15) is 4.31 Å². The maximum absolute atomic E-state index is 12.4. The Morgan fingerprint density at radius 1 is 1.29 bits per heavy atom. The van der Waals surface area contributed by atoms with Gasteiger partial charge in [0.05, 0.1) is 5.69 Å². The van der Waals surface area contributed by atoms with Gasteiger partial charge in [0.1, 0.15) is 11.2 Å². The normalized spacial score (nSPS) is 20.5. The van der Waals surface area contributed by atoms with E-state index in [1.54, 1.807) is 19.3 Å². The molecule has 1 aromatic carbocycles. The molecule has 0 aliphatic carbocycles. The summed E-state index contributed by atoms with van der Waals surface area (Å²) in [6.45, 7) is 0.568. The van der Waals surface area contributed by atoms with Crippen molar-refractivity contribution in [3.8, 4) is 0 Å². The molecule has 110 valence electrons. The van der Waals surface area contributed by atoms with Gasteiger partial charge in [0.2, 0.25) is 10.0 Å². The molecule has 2 aromatic rings. The van der Waals surface area contributed by atoms with Gasteiger partial charge < -0.3 is 5.32 Å². The second-order valence-electron chi connectivity index (χ2n) is 4.81. The van der Waals surface area contributed by atoms with Gasteiger partial charge in [0.15, 0.2) is 0 Å². The Kier molecular flexibility index (Phi) is 3.62. The lowest BCUT2D eigenvalue weighted by Gasteiger charge is -2.34. The molecule has 0 amide bonds. The van der Waals surface area contributed by atoms with Crippen molar-refractivity contribution in [3.05, 3.63) is 54.4 Å². The molecule has 0 saturated heterocycles. The summed E-state index contributed by atoms with van der Waals surface area (Å²) in [4.78, 5) is 4.08. The van der Waals surface area contributed by atoms with Crippen molar-refractivity contribution in [3.63, 3.8) is 0 Å². The van der Waals surface area contributed by atoms with Crippen LogP contribution >= 0.6 is 0 Å². The molecule has 2 N–H and O–H groups in total. The minimum atomic E-state index is -3.53. The molecule has 1 atom stereocenters. The lowest BCUT2D eigenvalue weighted by molar-refractivity contribution is 0.333. The molecule has 0 fully saturated rings. The molecule has 2 heterocycles. The number of nitrogens with one attached hydrogen (secondary N) is 2. The van der Waals surface area contributed by atoms with Gasteiger partial charge in [-0.1, -0.05) is 30.3 Å². The number of sulfonamides is 1. The molecule has 1 aromatic heterocycles. The number of aromatic nitrogens is 1. The van der Waals surface area contributed by atoms with E-state index in [-0.39, 0.29) is 4.90 Å². The third-order valence-corrected chi connectivity index (χ3v) is 5.29. The van der Waals surface area contributed by atoms with Gasteiger partial charge in [0, 0.05) is 26.0 Å². The van der Waals surface area contributed by atoms with Crippen molar-refractivity contribution in [1.29, 1.82) is 0 Å². The number of anilines is 1. The second-order valence-corrected chi connectivity index (χ2v) is 6.77. The summed E-state index contributed by atoms with van der Waals surface area (Å²) >= 11 is 0. The van der Waals surface area contributed by atoms with E-state index in [0.717, 1.165) is 5.56 Å². The number of rotatable bonds is 3. The van der Waals surface area contributed by atoms with Crippen LogP contribution in [0.2, 0.25) is 0 Å². The van der Waals surface area contributed by atoms with Crippen LogP contribution in [0.3, 0.4) is 0 Å². The fraction of sp³-hybridized carbons (Fsp3) is 0.214. The topological polar surface area (TPSA) is 74.3 Å². The predicted molar refractivity (Wildman–Crippen MR) is 79.9 cm³/mol. The van der Waals surface area contributed by atoms with Crippen LogP contribution in [0.4, 0.5) is 5.69 Å². The van der Waals surface area contributed by atoms with Crippen molar-refractivity contribution >= 4 is 15.7 Å². The third-order valence-electron chi connectivity index (χ3n) is 3.44. The lowest BCUT2D eigenvalue weighted by Crippen LogP contribution is -2.53. The number of hydrogen-bond acceptors (Lipinski definition) is 5. The second kappa shape index (κ2) is 5.44. The van der Waals surface area contributed by atoms with Crippen molar-refractivity contribution in [1.82, 2.24) is 14.6 Å². The molecule has 1 aliphatic rings. The summed E-state index contributed by atoms with van der Waals surface area (Å²) in [7, 11) is -1.99. The van der Waals surface area contributed by atoms with Crippen molar-refractivity contribution in [2.24, 2.45) is 0 Å². The minimum absolute atomic E-state index is 0.199. The van der Waals surface area contributed by atoms with Gasteiger partial charge >= 0.3 is 0 Å². The van der Waals surface area contributed by atoms with Crippen molar-refractivity contribution < 1.29 is 8.42 Å². The van der Waals surface area contributed by atoms with E-state index in [0.29, 0.717) is 12.2 Å². The zero-order valence-corrected chi connectivity index (χ0v) is 12.3. The van der Waals surface area contributed by atoms with E-state index in [4.69, 9.17) is 0 Å². The first-order valence-corrected chi connectivity index (χ1v) is 7.99. The smallest absolute Gasteiger partial charge is 0.249 e. The van der Waals surface area contributed by atoms with E-state index in [2.05, 4.69) is 15.6 Å². The first-order valence-electron chi connectivity index (χ1n) is 6.55. The Morgan fingerprint density at radius 3 is 2.81 bits per heavy atom. The summed E-state index contributed by atoms with van der Waals surface area (Å²) in [6, 6.07) is 11.5. The highest BCUT2D eigenvalue weighted by Gasteiger charge is 2.35. The molecule has 7 heteroatoms. The number of pyridine rings is 1. The zero-order chi connectivity index (χ0) is 14.9. The zero-order valence-electron chi connectivity index (χ0n) is 11.5. The van der Waals surface area contributed by atoms with Crippen LogP contribution in [0.1, 0.15) is 5.56 Å². The average Bonchev–Trinajstić information content (AvgIpc) is 2.51. The summed E-state index contributed by atoms with van der Waals surface area (Å²) < 4.78 is 26.1. The summed E-state index contributed by atoms with van der Waals surface area (Å²) in [5, 5.41) is 6.37. The van der Waals surface area contributed by atoms with E-state index >= 15 is 0 Å². The first-order chi connectivity index (χ1) is 10.1. The number of hydrogen-bond donors (Lipinski definition) is 2. The summed E-state index contributed by atoms with van der Waals surface area (Å²) in [5.41, 5.74) is 1.65. The van der Waals surface area contributed by atoms with Crippen LogP contribution < -0.4 is 10.6 Å². The molecular formula is C14H16N4O2S. The van der Waals surface area contributed by atoms with Gasteiger partial charge in [-0.15, -0.1) is 0 Å². The highest BCUT2D eigenvalue weighted by Crippen LogP contribution is 2.28. The molecule has 1 unspecified atom stereocenters. The van der Waals surface area contributed by atoms with Gasteiger partial charge in [0.25, 0.3) is 0 Å². The van der Waals surface area contributed by atoms with Gasteiger partial charge in [-0.25, -0.2) is 8.42 Å². The molecule has 0 saturated carbocycles. The molecule has 6 nitrogen and oxygen atoms in total. The quantitative estimate of drug-likeness (QED) is 0.891. The van der Waals surface area contributed by atoms with E-state index in [9.17, 15) is 8.42 Å². The number of nitrogens with zero attached hydrogens (tertiary/aromatic N) is 2. The molecule has 3 rings (SSSR count). The highest BCUT2D eigenvalue weighted by molar-refractivity contribution is 7.89. The van der Waals surface area contributed by atoms with Crippen LogP contribution in [0, 0.1) is 0 Å². The molecule has 21 heavy (non-hydrogen) atoms. The first kappa shape index (κ1) is 14.0. The van der Waals surface area contributed by atoms with Crippen molar-refractivity contribution in [2.75, 3.05) is 12.4 Å². The summed E-state index contributed by atoms with van der Waals surface area (Å²) in [6.07, 6.45) is 2.44. The number of fused-ring (bicyclic) bond motifs is 1. The van der Waals surface area contributed by atoms with Crippen LogP contribution in [0.5, 0.6) is 0 Å². The minimum Gasteiger partial charge on any atom is -0.355 e. The Bertz CT molecular complexity index is 734. The Labute approximate surface area is 123 Å². The van der Waals surface area contributed by atoms with Crippen molar-refractivity contribution in [2.45, 2.75) is 17.7 Å². The molecule has 1 aliphatic heterocycles. The monoisotopic (exact) mass is 304 g/mol. The largest absolute Gasteiger partial charge is 0.355 e. The summed E-state index contributed by atoms with van der Waals surface area (Å²) in [5.74, 6) is 0. The Hall–Kier alpha value is -1.96. The molecule has 0 bridgehead atoms. The number of benzene rings is 1. The maximum Gasteiger partial charge on any atom is 0.249 e. The lowest BCUT2D eigenvalue weighted by atomic mass is 10.2. The molecule has 0 spiro atoms. The Morgan fingerprint density at radius 2 is 2.05 bits per heavy atom. The van der Waals surface area contributed by atoms with Gasteiger partial charge in [-0.05, 0) is 11.6 Å². The van der Waals surface area contributed by atoms with Crippen LogP contribution in [-0.2, 0) is 16.6 Å². The average molecular weight is 304 g/mol.